The predicted molar refractivity (Wildman–Crippen MR) is 103 cm³/mol. The number of hydrogen-bond acceptors (Lipinski definition) is 3. The van der Waals surface area contributed by atoms with Crippen molar-refractivity contribution in [2.45, 2.75) is 6.42 Å². The van der Waals surface area contributed by atoms with Gasteiger partial charge in [0.2, 0.25) is 0 Å². The highest BCUT2D eigenvalue weighted by molar-refractivity contribution is 6.33. The maximum atomic E-state index is 12.2. The lowest BCUT2D eigenvalue weighted by molar-refractivity contribution is -0.167. The summed E-state index contributed by atoms with van der Waals surface area (Å²) in [5.74, 6) is 0.458. The fraction of sp³-hybridized carbons (Fsp3) is 0.158. The lowest BCUT2D eigenvalue weighted by atomic mass is 10.2. The van der Waals surface area contributed by atoms with E-state index in [0.717, 1.165) is 11.3 Å². The number of likely N-dealkylation sites (N-methyl/N-ethyl adjacent to an activating group) is 1. The van der Waals surface area contributed by atoms with Crippen molar-refractivity contribution in [1.82, 2.24) is 14.6 Å². The Labute approximate surface area is 161 Å². The first kappa shape index (κ1) is 18.5. The molecule has 0 saturated heterocycles. The predicted octanol–water partition coefficient (Wildman–Crippen LogP) is 4.41. The first-order valence-electron chi connectivity index (χ1n) is 7.89. The first-order valence-corrected chi connectivity index (χ1v) is 8.65. The Morgan fingerprint density at radius 3 is 2.50 bits per heavy atom. The number of hydrogen-bond donors (Lipinski definition) is 0. The highest BCUT2D eigenvalue weighted by atomic mass is 35.5. The standard InChI is InChI=1S/C19H17Cl2N3O2/c1-23(26-2)18(25)11-14-12-24(15-9-7-13(20)8-10-15)19(22-14)16-5-3-4-6-17(16)21/h3-10,12H,11H2,1-2H3. The molecule has 0 bridgehead atoms. The van der Waals surface area contributed by atoms with Gasteiger partial charge in [0, 0.05) is 29.5 Å². The average molecular weight is 390 g/mol. The topological polar surface area (TPSA) is 47.4 Å². The van der Waals surface area contributed by atoms with E-state index in [1.165, 1.54) is 12.2 Å². The molecule has 0 fully saturated rings. The SMILES string of the molecule is CON(C)C(=O)Cc1cn(-c2ccc(Cl)cc2)c(-c2ccccc2Cl)n1. The summed E-state index contributed by atoms with van der Waals surface area (Å²) in [4.78, 5) is 21.7. The minimum atomic E-state index is -0.195. The van der Waals surface area contributed by atoms with Crippen LogP contribution < -0.4 is 0 Å². The maximum Gasteiger partial charge on any atom is 0.251 e. The van der Waals surface area contributed by atoms with Crippen molar-refractivity contribution in [3.63, 3.8) is 0 Å². The molecule has 0 atom stereocenters. The number of carbonyl (C=O) groups is 1. The van der Waals surface area contributed by atoms with Crippen LogP contribution in [0.3, 0.4) is 0 Å². The molecule has 134 valence electrons. The van der Waals surface area contributed by atoms with E-state index in [4.69, 9.17) is 28.0 Å². The highest BCUT2D eigenvalue weighted by Gasteiger charge is 2.17. The number of rotatable bonds is 5. The van der Waals surface area contributed by atoms with Crippen molar-refractivity contribution < 1.29 is 9.63 Å². The van der Waals surface area contributed by atoms with Gasteiger partial charge in [-0.25, -0.2) is 10.0 Å². The van der Waals surface area contributed by atoms with Crippen molar-refractivity contribution in [1.29, 1.82) is 0 Å². The van der Waals surface area contributed by atoms with Gasteiger partial charge in [-0.2, -0.15) is 0 Å². The van der Waals surface area contributed by atoms with E-state index in [9.17, 15) is 4.79 Å². The van der Waals surface area contributed by atoms with Crippen LogP contribution in [0.1, 0.15) is 5.69 Å². The van der Waals surface area contributed by atoms with Crippen LogP contribution >= 0.6 is 23.2 Å². The molecule has 1 heterocycles. The first-order chi connectivity index (χ1) is 12.5. The number of hydroxylamine groups is 2. The number of nitrogens with zero attached hydrogens (tertiary/aromatic N) is 3. The van der Waals surface area contributed by atoms with Crippen molar-refractivity contribution >= 4 is 29.1 Å². The lowest BCUT2D eigenvalue weighted by Crippen LogP contribution is -2.27. The van der Waals surface area contributed by atoms with E-state index >= 15 is 0 Å². The molecule has 0 aliphatic carbocycles. The minimum absolute atomic E-state index is 0.113. The van der Waals surface area contributed by atoms with Gasteiger partial charge in [0.05, 0.1) is 24.2 Å². The van der Waals surface area contributed by atoms with Gasteiger partial charge >= 0.3 is 0 Å². The molecule has 0 saturated carbocycles. The Hall–Kier alpha value is -2.34. The molecule has 1 aromatic heterocycles. The molecule has 0 unspecified atom stereocenters. The molecular formula is C19H17Cl2N3O2. The molecule has 3 rings (SSSR count). The van der Waals surface area contributed by atoms with Gasteiger partial charge in [0.15, 0.2) is 0 Å². The second-order valence-electron chi connectivity index (χ2n) is 5.63. The molecule has 0 radical (unpaired) electrons. The number of aromatic nitrogens is 2. The van der Waals surface area contributed by atoms with Gasteiger partial charge in [-0.3, -0.25) is 14.2 Å². The number of amides is 1. The fourth-order valence-electron chi connectivity index (χ4n) is 2.51. The number of benzene rings is 2. The van der Waals surface area contributed by atoms with Gasteiger partial charge in [-0.1, -0.05) is 35.3 Å². The maximum absolute atomic E-state index is 12.2. The van der Waals surface area contributed by atoms with Crippen LogP contribution in [0, 0.1) is 0 Å². The van der Waals surface area contributed by atoms with Crippen molar-refractivity contribution in [2.75, 3.05) is 14.2 Å². The summed E-state index contributed by atoms with van der Waals surface area (Å²) >= 11 is 12.4. The zero-order chi connectivity index (χ0) is 18.7. The summed E-state index contributed by atoms with van der Waals surface area (Å²) < 4.78 is 1.90. The second-order valence-corrected chi connectivity index (χ2v) is 6.48. The van der Waals surface area contributed by atoms with Crippen molar-refractivity contribution in [3.05, 3.63) is 70.5 Å². The Balaban J connectivity index is 2.07. The molecule has 26 heavy (non-hydrogen) atoms. The quantitative estimate of drug-likeness (QED) is 0.607. The van der Waals surface area contributed by atoms with E-state index in [1.54, 1.807) is 25.2 Å². The van der Waals surface area contributed by atoms with E-state index in [2.05, 4.69) is 4.98 Å². The van der Waals surface area contributed by atoms with Crippen LogP contribution in [0.2, 0.25) is 10.0 Å². The molecule has 1 amide bonds. The largest absolute Gasteiger partial charge is 0.299 e. The number of imidazole rings is 1. The van der Waals surface area contributed by atoms with Crippen LogP contribution in [-0.4, -0.2) is 34.7 Å². The summed E-state index contributed by atoms with van der Waals surface area (Å²) in [6.07, 6.45) is 1.94. The second kappa shape index (κ2) is 7.91. The lowest BCUT2D eigenvalue weighted by Gasteiger charge is -2.12. The highest BCUT2D eigenvalue weighted by Crippen LogP contribution is 2.29. The molecular weight excluding hydrogens is 373 g/mol. The Bertz CT molecular complexity index is 923. The van der Waals surface area contributed by atoms with Gasteiger partial charge in [0.25, 0.3) is 5.91 Å². The van der Waals surface area contributed by atoms with E-state index in [0.29, 0.717) is 21.6 Å². The zero-order valence-electron chi connectivity index (χ0n) is 14.3. The summed E-state index contributed by atoms with van der Waals surface area (Å²) in [5, 5.41) is 2.40. The summed E-state index contributed by atoms with van der Waals surface area (Å²) in [6.45, 7) is 0. The minimum Gasteiger partial charge on any atom is -0.299 e. The van der Waals surface area contributed by atoms with E-state index in [1.807, 2.05) is 41.1 Å². The van der Waals surface area contributed by atoms with Crippen molar-refractivity contribution in [2.24, 2.45) is 0 Å². The van der Waals surface area contributed by atoms with Gasteiger partial charge < -0.3 is 0 Å². The third kappa shape index (κ3) is 3.90. The fourth-order valence-corrected chi connectivity index (χ4v) is 2.86. The molecule has 0 aliphatic heterocycles. The zero-order valence-corrected chi connectivity index (χ0v) is 15.8. The monoisotopic (exact) mass is 389 g/mol. The molecule has 0 N–H and O–H groups in total. The van der Waals surface area contributed by atoms with Crippen LogP contribution in [0.25, 0.3) is 17.1 Å². The summed E-state index contributed by atoms with van der Waals surface area (Å²) in [5.41, 5.74) is 2.27. The van der Waals surface area contributed by atoms with E-state index < -0.39 is 0 Å². The van der Waals surface area contributed by atoms with Gasteiger partial charge in [-0.05, 0) is 36.4 Å². The molecule has 2 aromatic carbocycles. The Morgan fingerprint density at radius 1 is 1.15 bits per heavy atom. The number of halogens is 2. The molecule has 3 aromatic rings. The van der Waals surface area contributed by atoms with Gasteiger partial charge in [-0.15, -0.1) is 0 Å². The molecule has 7 heteroatoms. The van der Waals surface area contributed by atoms with Gasteiger partial charge in [0.1, 0.15) is 5.82 Å². The van der Waals surface area contributed by atoms with Crippen LogP contribution in [-0.2, 0) is 16.1 Å². The Kier molecular flexibility index (Phi) is 5.61. The third-order valence-electron chi connectivity index (χ3n) is 3.93. The Morgan fingerprint density at radius 2 is 1.85 bits per heavy atom. The normalized spacial score (nSPS) is 10.8. The van der Waals surface area contributed by atoms with Crippen LogP contribution in [0.4, 0.5) is 0 Å². The smallest absolute Gasteiger partial charge is 0.251 e. The molecule has 5 nitrogen and oxygen atoms in total. The molecule has 0 aliphatic rings. The third-order valence-corrected chi connectivity index (χ3v) is 4.51. The van der Waals surface area contributed by atoms with Crippen molar-refractivity contribution in [3.8, 4) is 17.1 Å². The molecule has 0 spiro atoms. The summed E-state index contributed by atoms with van der Waals surface area (Å²) in [6, 6.07) is 14.8. The summed E-state index contributed by atoms with van der Waals surface area (Å²) in [7, 11) is 3.01. The van der Waals surface area contributed by atoms with E-state index in [-0.39, 0.29) is 12.3 Å². The van der Waals surface area contributed by atoms with Crippen LogP contribution in [0.5, 0.6) is 0 Å². The average Bonchev–Trinajstić information content (AvgIpc) is 3.05. The number of carbonyl (C=O) groups excluding carboxylic acids is 1. The van der Waals surface area contributed by atoms with Crippen LogP contribution in [0.15, 0.2) is 54.7 Å².